The van der Waals surface area contributed by atoms with Gasteiger partial charge in [0.2, 0.25) is 0 Å². The predicted octanol–water partition coefficient (Wildman–Crippen LogP) is 7.03. The molecule has 0 aromatic heterocycles. The normalized spacial score (nSPS) is 12.4. The van der Waals surface area contributed by atoms with Gasteiger partial charge in [-0.2, -0.15) is 0 Å². The maximum absolute atomic E-state index is 2.50. The molecule has 32 heavy (non-hydrogen) atoms. The summed E-state index contributed by atoms with van der Waals surface area (Å²) in [7, 11) is -2.03. The average molecular weight is 425 g/mol. The Morgan fingerprint density at radius 2 is 1.03 bits per heavy atom. The third-order valence-corrected chi connectivity index (χ3v) is 10.8. The summed E-state index contributed by atoms with van der Waals surface area (Å²) in [6, 6.07) is 42.2. The van der Waals surface area contributed by atoms with Crippen LogP contribution >= 0.6 is 0 Å². The van der Waals surface area contributed by atoms with Crippen LogP contribution < -0.4 is 10.4 Å². The van der Waals surface area contributed by atoms with Crippen LogP contribution in [0, 0.1) is 0 Å². The Kier molecular flexibility index (Phi) is 4.45. The summed E-state index contributed by atoms with van der Waals surface area (Å²) in [5, 5.41) is 10.9. The van der Waals surface area contributed by atoms with Crippen molar-refractivity contribution in [1.29, 1.82) is 0 Å². The summed E-state index contributed by atoms with van der Waals surface area (Å²) in [4.78, 5) is 0. The van der Waals surface area contributed by atoms with Crippen molar-refractivity contribution in [2.45, 2.75) is 6.55 Å². The van der Waals surface area contributed by atoms with Crippen molar-refractivity contribution in [1.82, 2.24) is 0 Å². The summed E-state index contributed by atoms with van der Waals surface area (Å²) in [6.07, 6.45) is 2.37. The molecule has 0 saturated heterocycles. The van der Waals surface area contributed by atoms with E-state index in [1.54, 1.807) is 0 Å². The highest BCUT2D eigenvalue weighted by Gasteiger charge is 2.28. The Morgan fingerprint density at radius 1 is 0.500 bits per heavy atom. The lowest BCUT2D eigenvalue weighted by atomic mass is 9.92. The van der Waals surface area contributed by atoms with Crippen molar-refractivity contribution in [2.75, 3.05) is 0 Å². The van der Waals surface area contributed by atoms with Gasteiger partial charge in [-0.3, -0.25) is 0 Å². The van der Waals surface area contributed by atoms with Crippen LogP contribution in [0.1, 0.15) is 5.56 Å². The molecule has 152 valence electrons. The molecule has 0 aliphatic carbocycles. The first kappa shape index (κ1) is 19.0. The highest BCUT2D eigenvalue weighted by Crippen LogP contribution is 2.36. The van der Waals surface area contributed by atoms with E-state index in [1.807, 2.05) is 0 Å². The third kappa shape index (κ3) is 2.97. The van der Waals surface area contributed by atoms with Gasteiger partial charge in [-0.1, -0.05) is 144 Å². The molecular weight excluding hydrogens is 400 g/mol. The summed E-state index contributed by atoms with van der Waals surface area (Å²) >= 11 is 0. The van der Waals surface area contributed by atoms with Crippen molar-refractivity contribution >= 4 is 56.8 Å². The van der Waals surface area contributed by atoms with Gasteiger partial charge in [-0.15, -0.1) is 0 Å². The van der Waals surface area contributed by atoms with Crippen LogP contribution in [0.2, 0.25) is 6.55 Å². The van der Waals surface area contributed by atoms with Crippen LogP contribution in [0.25, 0.3) is 38.4 Å². The van der Waals surface area contributed by atoms with E-state index < -0.39 is 8.07 Å². The fourth-order valence-corrected chi connectivity index (χ4v) is 8.09. The van der Waals surface area contributed by atoms with Crippen LogP contribution in [0.3, 0.4) is 0 Å². The molecule has 0 bridgehead atoms. The fraction of sp³-hybridized carbons (Fsp3) is 0.0323. The zero-order valence-electron chi connectivity index (χ0n) is 18.1. The monoisotopic (exact) mass is 424 g/mol. The summed E-state index contributed by atoms with van der Waals surface area (Å²) < 4.78 is 0. The zero-order chi connectivity index (χ0) is 21.5. The molecule has 0 spiro atoms. The molecule has 0 saturated carbocycles. The quantitative estimate of drug-likeness (QED) is 0.210. The molecule has 0 aliphatic rings. The molecule has 0 nitrogen and oxygen atoms in total. The Bertz CT molecular complexity index is 1510. The highest BCUT2D eigenvalue weighted by molar-refractivity contribution is 7.05. The van der Waals surface area contributed by atoms with Gasteiger partial charge in [0.05, 0.1) is 0 Å². The first-order chi connectivity index (χ1) is 15.7. The molecule has 6 aromatic carbocycles. The highest BCUT2D eigenvalue weighted by atomic mass is 28.3. The topological polar surface area (TPSA) is 0 Å². The van der Waals surface area contributed by atoms with Gasteiger partial charge in [0.25, 0.3) is 0 Å². The van der Waals surface area contributed by atoms with Gasteiger partial charge in [0.15, 0.2) is 0 Å². The molecule has 0 unspecified atom stereocenters. The smallest absolute Gasteiger partial charge is 0.0854 e. The summed E-state index contributed by atoms with van der Waals surface area (Å²) in [5.41, 5.74) is 3.80. The van der Waals surface area contributed by atoms with Gasteiger partial charge in [-0.05, 0) is 37.9 Å². The molecule has 6 rings (SSSR count). The Labute approximate surface area is 189 Å². The number of benzene rings is 6. The second-order valence-electron chi connectivity index (χ2n) is 8.78. The lowest BCUT2D eigenvalue weighted by Gasteiger charge is -2.25. The van der Waals surface area contributed by atoms with Crippen LogP contribution in [-0.4, -0.2) is 8.07 Å². The summed E-state index contributed by atoms with van der Waals surface area (Å²) in [6.45, 7) is 2.45. The first-order valence-electron chi connectivity index (χ1n) is 11.2. The van der Waals surface area contributed by atoms with Crippen LogP contribution in [0.5, 0.6) is 0 Å². The van der Waals surface area contributed by atoms with Gasteiger partial charge >= 0.3 is 0 Å². The Balaban J connectivity index is 1.56. The lowest BCUT2D eigenvalue weighted by molar-refractivity contribution is 1.69. The number of hydrogen-bond donors (Lipinski definition) is 0. The molecule has 0 amide bonds. The van der Waals surface area contributed by atoms with E-state index in [2.05, 4.69) is 134 Å². The Morgan fingerprint density at radius 3 is 1.66 bits per heavy atom. The van der Waals surface area contributed by atoms with Gasteiger partial charge < -0.3 is 0 Å². The average Bonchev–Trinajstić information content (AvgIpc) is 2.87. The van der Waals surface area contributed by atoms with Crippen molar-refractivity contribution < 1.29 is 0 Å². The van der Waals surface area contributed by atoms with E-state index in [4.69, 9.17) is 0 Å². The summed E-state index contributed by atoms with van der Waals surface area (Å²) in [5.74, 6) is 0. The first-order valence-corrected chi connectivity index (χ1v) is 13.8. The molecule has 0 N–H and O–H groups in total. The molecule has 1 heteroatoms. The van der Waals surface area contributed by atoms with Gasteiger partial charge in [0, 0.05) is 0 Å². The van der Waals surface area contributed by atoms with Crippen molar-refractivity contribution in [3.05, 3.63) is 127 Å². The molecule has 6 aromatic rings. The van der Waals surface area contributed by atoms with Crippen LogP contribution in [0.15, 0.2) is 121 Å². The van der Waals surface area contributed by atoms with Crippen molar-refractivity contribution in [3.63, 3.8) is 0 Å². The maximum Gasteiger partial charge on any atom is 0.138 e. The minimum atomic E-state index is -2.03. The van der Waals surface area contributed by atoms with Crippen molar-refractivity contribution in [2.24, 2.45) is 0 Å². The van der Waals surface area contributed by atoms with Gasteiger partial charge in [-0.25, -0.2) is 0 Å². The molecule has 0 fully saturated rings. The SMILES string of the molecule is C[Si](/C=C/c1ccc2ccc3cccc4ccc1c2c34)(c1ccccc1)c1ccccc1. The molecule has 0 radical (unpaired) electrons. The van der Waals surface area contributed by atoms with Gasteiger partial charge in [0.1, 0.15) is 8.07 Å². The minimum Gasteiger partial charge on any atom is -0.0854 e. The fourth-order valence-electron chi connectivity index (χ4n) is 5.09. The van der Waals surface area contributed by atoms with E-state index in [9.17, 15) is 0 Å². The molecule has 0 heterocycles. The third-order valence-electron chi connectivity index (χ3n) is 6.91. The minimum absolute atomic E-state index is 1.29. The zero-order valence-corrected chi connectivity index (χ0v) is 19.1. The van der Waals surface area contributed by atoms with E-state index >= 15 is 0 Å². The van der Waals surface area contributed by atoms with Crippen LogP contribution in [-0.2, 0) is 0 Å². The van der Waals surface area contributed by atoms with E-state index in [1.165, 1.54) is 48.3 Å². The number of rotatable bonds is 4. The second-order valence-corrected chi connectivity index (χ2v) is 12.7. The molecule has 0 atom stereocenters. The largest absolute Gasteiger partial charge is 0.138 e. The lowest BCUT2D eigenvalue weighted by Crippen LogP contribution is -2.54. The standard InChI is InChI=1S/C31H24Si/c1-32(27-11-4-2-5-12-27,28-13-6-3-7-14-28)22-21-23-15-16-26-18-17-24-9-8-10-25-19-20-29(23)31(26)30(24)25/h2-22H,1H3/b22-21+. The predicted molar refractivity (Wildman–Crippen MR) is 143 cm³/mol. The Hall–Kier alpha value is -3.68. The number of hydrogen-bond acceptors (Lipinski definition) is 0. The molecule has 0 aliphatic heterocycles. The molecular formula is C31H24Si. The van der Waals surface area contributed by atoms with E-state index in [0.29, 0.717) is 0 Å². The van der Waals surface area contributed by atoms with E-state index in [-0.39, 0.29) is 0 Å². The maximum atomic E-state index is 2.50. The second kappa shape index (κ2) is 7.47. The van der Waals surface area contributed by atoms with E-state index in [0.717, 1.165) is 0 Å². The van der Waals surface area contributed by atoms with Crippen LogP contribution in [0.4, 0.5) is 0 Å². The van der Waals surface area contributed by atoms with Crippen molar-refractivity contribution in [3.8, 4) is 0 Å².